The lowest BCUT2D eigenvalue weighted by atomic mass is 9.99. The van der Waals surface area contributed by atoms with Gasteiger partial charge < -0.3 is 0 Å². The first kappa shape index (κ1) is 7.98. The van der Waals surface area contributed by atoms with Gasteiger partial charge in [-0.3, -0.25) is 4.79 Å². The van der Waals surface area contributed by atoms with Gasteiger partial charge in [0, 0.05) is 0 Å². The molecule has 1 aromatic rings. The first-order chi connectivity index (χ1) is 6.29. The number of hydrogen-bond donors (Lipinski definition) is 1. The summed E-state index contributed by atoms with van der Waals surface area (Å²) in [6.07, 6.45) is 0. The molecule has 66 valence electrons. The first-order valence-electron chi connectivity index (χ1n) is 4.22. The number of carbonyl (C=O) groups is 1. The second-order valence-electron chi connectivity index (χ2n) is 3.06. The van der Waals surface area contributed by atoms with Gasteiger partial charge in [-0.1, -0.05) is 30.3 Å². The van der Waals surface area contributed by atoms with Crippen LogP contribution in [0.3, 0.4) is 0 Å². The number of hydrogen-bond acceptors (Lipinski definition) is 2. The summed E-state index contributed by atoms with van der Waals surface area (Å²) in [6.45, 7) is 1.86. The summed E-state index contributed by atoms with van der Waals surface area (Å²) in [4.78, 5) is 11.1. The topological polar surface area (TPSA) is 41.5 Å². The Morgan fingerprint density at radius 1 is 1.31 bits per heavy atom. The van der Waals surface area contributed by atoms with Crippen molar-refractivity contribution in [2.75, 3.05) is 0 Å². The maximum Gasteiger partial charge on any atom is 0.249 e. The van der Waals surface area contributed by atoms with E-state index in [-0.39, 0.29) is 11.8 Å². The smallest absolute Gasteiger partial charge is 0.249 e. The maximum atomic E-state index is 11.1. The minimum absolute atomic E-state index is 0.0288. The molecular formula is C10H10N2O. The van der Waals surface area contributed by atoms with Gasteiger partial charge in [-0.2, -0.15) is 5.10 Å². The van der Waals surface area contributed by atoms with Crippen molar-refractivity contribution in [1.82, 2.24) is 5.43 Å². The van der Waals surface area contributed by atoms with E-state index in [4.69, 9.17) is 0 Å². The van der Waals surface area contributed by atoms with Crippen LogP contribution in [-0.2, 0) is 4.79 Å². The lowest BCUT2D eigenvalue weighted by molar-refractivity contribution is -0.121. The van der Waals surface area contributed by atoms with Crippen molar-refractivity contribution in [3.8, 4) is 0 Å². The van der Waals surface area contributed by atoms with Crippen LogP contribution in [0.25, 0.3) is 0 Å². The molecule has 0 unspecified atom stereocenters. The molecule has 3 heteroatoms. The van der Waals surface area contributed by atoms with Crippen molar-refractivity contribution >= 4 is 11.6 Å². The highest BCUT2D eigenvalue weighted by atomic mass is 16.2. The highest BCUT2D eigenvalue weighted by Gasteiger charge is 2.25. The maximum absolute atomic E-state index is 11.1. The molecule has 13 heavy (non-hydrogen) atoms. The Morgan fingerprint density at radius 3 is 2.54 bits per heavy atom. The molecule has 1 aliphatic heterocycles. The molecule has 1 aliphatic rings. The summed E-state index contributed by atoms with van der Waals surface area (Å²) in [7, 11) is 0. The molecule has 1 heterocycles. The normalized spacial score (nSPS) is 21.2. The molecule has 1 N–H and O–H groups in total. The van der Waals surface area contributed by atoms with Crippen molar-refractivity contribution in [3.05, 3.63) is 35.9 Å². The number of carbonyl (C=O) groups excluding carboxylic acids is 1. The van der Waals surface area contributed by atoms with Crippen molar-refractivity contribution in [3.63, 3.8) is 0 Å². The molecule has 1 aromatic carbocycles. The zero-order chi connectivity index (χ0) is 9.26. The van der Waals surface area contributed by atoms with Crippen LogP contribution in [0.15, 0.2) is 35.4 Å². The molecule has 0 saturated carbocycles. The summed E-state index contributed by atoms with van der Waals surface area (Å²) in [5.74, 6) is -0.166. The van der Waals surface area contributed by atoms with Crippen molar-refractivity contribution < 1.29 is 4.79 Å². The SMILES string of the molecule is C[C@@H]1C(=O)NN=C1c1ccccc1. The lowest BCUT2D eigenvalue weighted by Gasteiger charge is -2.02. The lowest BCUT2D eigenvalue weighted by Crippen LogP contribution is -2.20. The van der Waals surface area contributed by atoms with Crippen LogP contribution in [0.2, 0.25) is 0 Å². The summed E-state index contributed by atoms with van der Waals surface area (Å²) < 4.78 is 0. The van der Waals surface area contributed by atoms with E-state index < -0.39 is 0 Å². The van der Waals surface area contributed by atoms with Crippen molar-refractivity contribution in [2.45, 2.75) is 6.92 Å². The van der Waals surface area contributed by atoms with Gasteiger partial charge in [0.05, 0.1) is 11.6 Å². The molecular weight excluding hydrogens is 164 g/mol. The largest absolute Gasteiger partial charge is 0.272 e. The van der Waals surface area contributed by atoms with E-state index in [1.54, 1.807) is 0 Å². The second kappa shape index (κ2) is 3.01. The van der Waals surface area contributed by atoms with Crippen LogP contribution in [0.4, 0.5) is 0 Å². The van der Waals surface area contributed by atoms with Crippen LogP contribution in [0, 0.1) is 5.92 Å². The highest BCUT2D eigenvalue weighted by Crippen LogP contribution is 2.13. The van der Waals surface area contributed by atoms with Gasteiger partial charge >= 0.3 is 0 Å². The Kier molecular flexibility index (Phi) is 1.85. The van der Waals surface area contributed by atoms with E-state index in [0.717, 1.165) is 11.3 Å². The summed E-state index contributed by atoms with van der Waals surface area (Å²) in [5, 5.41) is 3.99. The molecule has 0 spiro atoms. The van der Waals surface area contributed by atoms with Crippen molar-refractivity contribution in [1.29, 1.82) is 0 Å². The zero-order valence-electron chi connectivity index (χ0n) is 7.32. The standard InChI is InChI=1S/C10H10N2O/c1-7-9(11-12-10(7)13)8-5-3-2-4-6-8/h2-7H,1H3,(H,12,13)/t7-/m0/s1. The van der Waals surface area contributed by atoms with Crippen LogP contribution in [-0.4, -0.2) is 11.6 Å². The second-order valence-corrected chi connectivity index (χ2v) is 3.06. The molecule has 0 fully saturated rings. The van der Waals surface area contributed by atoms with E-state index in [1.807, 2.05) is 37.3 Å². The zero-order valence-corrected chi connectivity index (χ0v) is 7.32. The fourth-order valence-electron chi connectivity index (χ4n) is 1.36. The third-order valence-electron chi connectivity index (χ3n) is 2.16. The predicted molar refractivity (Wildman–Crippen MR) is 50.3 cm³/mol. The van der Waals surface area contributed by atoms with Gasteiger partial charge in [0.15, 0.2) is 0 Å². The molecule has 0 aromatic heterocycles. The Bertz CT molecular complexity index is 356. The Balaban J connectivity index is 2.34. The molecule has 2 rings (SSSR count). The Morgan fingerprint density at radius 2 is 2.00 bits per heavy atom. The molecule has 0 saturated heterocycles. The number of nitrogens with one attached hydrogen (secondary N) is 1. The van der Waals surface area contributed by atoms with Crippen molar-refractivity contribution in [2.24, 2.45) is 11.0 Å². The Labute approximate surface area is 76.5 Å². The van der Waals surface area contributed by atoms with Crippen LogP contribution < -0.4 is 5.43 Å². The van der Waals surface area contributed by atoms with Gasteiger partial charge in [-0.25, -0.2) is 5.43 Å². The number of hydrazone groups is 1. The van der Waals surface area contributed by atoms with Gasteiger partial charge in [-0.05, 0) is 12.5 Å². The molecule has 3 nitrogen and oxygen atoms in total. The summed E-state index contributed by atoms with van der Waals surface area (Å²) in [5.41, 5.74) is 4.30. The highest BCUT2D eigenvalue weighted by molar-refractivity contribution is 6.15. The minimum atomic E-state index is -0.137. The molecule has 0 radical (unpaired) electrons. The van der Waals surface area contributed by atoms with Crippen LogP contribution in [0.1, 0.15) is 12.5 Å². The van der Waals surface area contributed by atoms with E-state index >= 15 is 0 Å². The third kappa shape index (κ3) is 1.33. The van der Waals surface area contributed by atoms with Gasteiger partial charge in [0.2, 0.25) is 5.91 Å². The fourth-order valence-corrected chi connectivity index (χ4v) is 1.36. The average Bonchev–Trinajstić information content (AvgIpc) is 2.49. The Hall–Kier alpha value is -1.64. The van der Waals surface area contributed by atoms with Gasteiger partial charge in [-0.15, -0.1) is 0 Å². The van der Waals surface area contributed by atoms with E-state index in [9.17, 15) is 4.79 Å². The van der Waals surface area contributed by atoms with Gasteiger partial charge in [0.1, 0.15) is 0 Å². The predicted octanol–water partition coefficient (Wildman–Crippen LogP) is 1.16. The van der Waals surface area contributed by atoms with E-state index in [0.29, 0.717) is 0 Å². The number of rotatable bonds is 1. The molecule has 0 bridgehead atoms. The van der Waals surface area contributed by atoms with Crippen LogP contribution >= 0.6 is 0 Å². The van der Waals surface area contributed by atoms with E-state index in [2.05, 4.69) is 10.5 Å². The van der Waals surface area contributed by atoms with Crippen LogP contribution in [0.5, 0.6) is 0 Å². The van der Waals surface area contributed by atoms with E-state index in [1.165, 1.54) is 0 Å². The fraction of sp³-hybridized carbons (Fsp3) is 0.200. The minimum Gasteiger partial charge on any atom is -0.272 e. The average molecular weight is 174 g/mol. The molecule has 1 amide bonds. The number of nitrogens with zero attached hydrogens (tertiary/aromatic N) is 1. The summed E-state index contributed by atoms with van der Waals surface area (Å²) >= 11 is 0. The molecule has 1 atom stereocenters. The summed E-state index contributed by atoms with van der Waals surface area (Å²) in [6, 6.07) is 9.73. The monoisotopic (exact) mass is 174 g/mol. The first-order valence-corrected chi connectivity index (χ1v) is 4.22. The number of amides is 1. The third-order valence-corrected chi connectivity index (χ3v) is 2.16. The van der Waals surface area contributed by atoms with Gasteiger partial charge in [0.25, 0.3) is 0 Å². The molecule has 0 aliphatic carbocycles. The quantitative estimate of drug-likeness (QED) is 0.682. The number of benzene rings is 1.